The third kappa shape index (κ3) is 5.40. The van der Waals surface area contributed by atoms with Gasteiger partial charge in [0.05, 0.1) is 35.8 Å². The lowest BCUT2D eigenvalue weighted by Crippen LogP contribution is -2.25. The lowest BCUT2D eigenvalue weighted by atomic mass is 9.88. The molecule has 0 aliphatic heterocycles. The molecule has 0 saturated heterocycles. The number of benzene rings is 2. The second kappa shape index (κ2) is 11.0. The molecular weight excluding hydrogens is 514 g/mol. The predicted molar refractivity (Wildman–Crippen MR) is 138 cm³/mol. The second-order valence-corrected chi connectivity index (χ2v) is 9.36. The zero-order valence-corrected chi connectivity index (χ0v) is 21.6. The largest absolute Gasteiger partial charge is 0.493 e. The molecule has 0 N–H and O–H groups in total. The van der Waals surface area contributed by atoms with E-state index in [1.807, 2.05) is 18.2 Å². The molecule has 184 valence electrons. The Kier molecular flexibility index (Phi) is 7.85. The number of esters is 1. The van der Waals surface area contributed by atoms with Crippen LogP contribution in [0.3, 0.4) is 0 Å². The summed E-state index contributed by atoms with van der Waals surface area (Å²) in [5.41, 5.74) is 1.18. The minimum Gasteiger partial charge on any atom is -0.493 e. The maximum Gasteiger partial charge on any atom is 0.346 e. The van der Waals surface area contributed by atoms with Crippen molar-refractivity contribution >= 4 is 39.0 Å². The van der Waals surface area contributed by atoms with E-state index in [0.717, 1.165) is 25.7 Å². The van der Waals surface area contributed by atoms with Crippen molar-refractivity contribution in [1.29, 1.82) is 0 Å². The van der Waals surface area contributed by atoms with E-state index in [9.17, 15) is 9.59 Å². The predicted octanol–water partition coefficient (Wildman–Crippen LogP) is 5.04. The zero-order chi connectivity index (χ0) is 24.9. The molecule has 3 aromatic rings. The van der Waals surface area contributed by atoms with E-state index >= 15 is 0 Å². The van der Waals surface area contributed by atoms with Crippen molar-refractivity contribution in [2.45, 2.75) is 51.0 Å². The number of nitrogens with zero attached hydrogens (tertiary/aromatic N) is 3. The van der Waals surface area contributed by atoms with Crippen LogP contribution in [0.1, 0.15) is 56.3 Å². The summed E-state index contributed by atoms with van der Waals surface area (Å²) in [7, 11) is 2.82. The lowest BCUT2D eigenvalue weighted by molar-refractivity contribution is -0.147. The minimum atomic E-state index is -0.815. The molecule has 1 aromatic heterocycles. The fourth-order valence-electron chi connectivity index (χ4n) is 4.32. The molecule has 1 saturated carbocycles. The Morgan fingerprint density at radius 2 is 1.94 bits per heavy atom. The van der Waals surface area contributed by atoms with Crippen molar-refractivity contribution in [3.8, 4) is 11.5 Å². The molecular formula is C26H28BrN3O5. The average Bonchev–Trinajstić information content (AvgIpc) is 2.89. The van der Waals surface area contributed by atoms with Crippen LogP contribution in [0.4, 0.5) is 0 Å². The first-order valence-corrected chi connectivity index (χ1v) is 12.4. The van der Waals surface area contributed by atoms with Gasteiger partial charge in [0.1, 0.15) is 5.82 Å². The lowest BCUT2D eigenvalue weighted by Gasteiger charge is -2.22. The van der Waals surface area contributed by atoms with Crippen molar-refractivity contribution in [3.63, 3.8) is 0 Å². The van der Waals surface area contributed by atoms with E-state index in [-0.39, 0.29) is 11.5 Å². The number of hydrogen-bond donors (Lipinski definition) is 0. The molecule has 1 aliphatic carbocycles. The van der Waals surface area contributed by atoms with Gasteiger partial charge in [0.15, 0.2) is 17.6 Å². The minimum absolute atomic E-state index is 0.190. The summed E-state index contributed by atoms with van der Waals surface area (Å²) in [6.07, 6.45) is 6.21. The highest BCUT2D eigenvalue weighted by Crippen LogP contribution is 2.37. The van der Waals surface area contributed by atoms with E-state index in [0.29, 0.717) is 38.3 Å². The monoisotopic (exact) mass is 541 g/mol. The molecule has 0 unspecified atom stereocenters. The van der Waals surface area contributed by atoms with Crippen molar-refractivity contribution in [3.05, 3.63) is 62.6 Å². The molecule has 4 rings (SSSR count). The molecule has 1 atom stereocenters. The molecule has 8 nitrogen and oxygen atoms in total. The number of fused-ring (bicyclic) bond motifs is 1. The van der Waals surface area contributed by atoms with Crippen molar-refractivity contribution in [2.24, 2.45) is 5.10 Å². The molecule has 0 spiro atoms. The Morgan fingerprint density at radius 3 is 2.66 bits per heavy atom. The first-order chi connectivity index (χ1) is 16.9. The Hall–Kier alpha value is -3.20. The average molecular weight is 542 g/mol. The van der Waals surface area contributed by atoms with Crippen LogP contribution in [-0.2, 0) is 9.53 Å². The van der Waals surface area contributed by atoms with Gasteiger partial charge in [-0.2, -0.15) is 9.78 Å². The number of methoxy groups -OCH3 is 2. The number of hydrogen-bond acceptors (Lipinski definition) is 7. The van der Waals surface area contributed by atoms with Crippen molar-refractivity contribution < 1.29 is 19.0 Å². The number of para-hydroxylation sites is 1. The molecule has 35 heavy (non-hydrogen) atoms. The fraction of sp³-hybridized carbons (Fsp3) is 0.385. The molecule has 0 bridgehead atoms. The smallest absolute Gasteiger partial charge is 0.346 e. The van der Waals surface area contributed by atoms with E-state index in [4.69, 9.17) is 19.2 Å². The van der Waals surface area contributed by atoms with Gasteiger partial charge in [-0.3, -0.25) is 4.79 Å². The molecule has 1 fully saturated rings. The van der Waals surface area contributed by atoms with Gasteiger partial charge in [-0.15, -0.1) is 0 Å². The summed E-state index contributed by atoms with van der Waals surface area (Å²) >= 11 is 3.49. The van der Waals surface area contributed by atoms with E-state index in [1.165, 1.54) is 25.3 Å². The summed E-state index contributed by atoms with van der Waals surface area (Å²) < 4.78 is 18.0. The van der Waals surface area contributed by atoms with Crippen LogP contribution in [-0.4, -0.2) is 42.2 Å². The van der Waals surface area contributed by atoms with Crippen molar-refractivity contribution in [2.75, 3.05) is 14.2 Å². The van der Waals surface area contributed by atoms with Crippen LogP contribution >= 0.6 is 15.9 Å². The molecule has 9 heteroatoms. The molecule has 1 heterocycles. The first-order valence-electron chi connectivity index (χ1n) is 11.6. The highest BCUT2D eigenvalue weighted by atomic mass is 79.9. The normalized spacial score (nSPS) is 15.3. The van der Waals surface area contributed by atoms with Crippen LogP contribution in [0.15, 0.2) is 50.8 Å². The van der Waals surface area contributed by atoms with Gasteiger partial charge in [-0.25, -0.2) is 9.78 Å². The summed E-state index contributed by atoms with van der Waals surface area (Å²) in [4.78, 5) is 30.0. The number of halogens is 1. The number of aromatic nitrogens is 2. The van der Waals surface area contributed by atoms with Crippen molar-refractivity contribution in [1.82, 2.24) is 9.66 Å². The summed E-state index contributed by atoms with van der Waals surface area (Å²) in [6, 6.07) is 10.9. The number of ether oxygens (including phenoxy) is 3. The van der Waals surface area contributed by atoms with E-state index in [1.54, 1.807) is 31.3 Å². The highest BCUT2D eigenvalue weighted by molar-refractivity contribution is 9.10. The summed E-state index contributed by atoms with van der Waals surface area (Å²) in [5.74, 6) is 1.17. The van der Waals surface area contributed by atoms with E-state index < -0.39 is 12.1 Å². The first kappa shape index (κ1) is 24.9. The highest BCUT2D eigenvalue weighted by Gasteiger charge is 2.23. The van der Waals surface area contributed by atoms with Gasteiger partial charge in [0, 0.05) is 5.92 Å². The van der Waals surface area contributed by atoms with Gasteiger partial charge < -0.3 is 14.2 Å². The number of carbonyl (C=O) groups excluding carboxylic acids is 1. The molecule has 1 aliphatic rings. The van der Waals surface area contributed by atoms with Crippen LogP contribution in [0.2, 0.25) is 0 Å². The maximum atomic E-state index is 13.4. The van der Waals surface area contributed by atoms with Gasteiger partial charge in [0.2, 0.25) is 0 Å². The van der Waals surface area contributed by atoms with Crippen LogP contribution in [0.5, 0.6) is 11.5 Å². The van der Waals surface area contributed by atoms with Crippen LogP contribution in [0.25, 0.3) is 10.9 Å². The second-order valence-electron chi connectivity index (χ2n) is 8.50. The van der Waals surface area contributed by atoms with Crippen LogP contribution < -0.4 is 15.0 Å². The third-order valence-corrected chi connectivity index (χ3v) is 6.74. The Bertz CT molecular complexity index is 1310. The van der Waals surface area contributed by atoms with Gasteiger partial charge in [-0.05, 0) is 65.5 Å². The molecule has 2 aromatic carbocycles. The third-order valence-electron chi connectivity index (χ3n) is 6.15. The fourth-order valence-corrected chi connectivity index (χ4v) is 4.87. The Morgan fingerprint density at radius 1 is 1.20 bits per heavy atom. The SMILES string of the molecule is COC(=O)[C@@H](C)Oc1c(Br)cc(C=Nn2c(C3CCCCC3)nc3ccccc3c2=O)cc1OC. The van der Waals surface area contributed by atoms with Gasteiger partial charge in [-0.1, -0.05) is 31.4 Å². The standard InChI is InChI=1S/C26H28BrN3O5/c1-16(26(32)34-3)35-23-20(27)13-17(14-22(23)33-2)15-28-30-24(18-9-5-4-6-10-18)29-21-12-8-7-11-19(21)25(30)31/h7-8,11-16,18H,4-6,9-10H2,1-3H3/t16-/m1/s1. The molecule has 0 amide bonds. The quantitative estimate of drug-likeness (QED) is 0.307. The van der Waals surface area contributed by atoms with E-state index in [2.05, 4.69) is 21.0 Å². The summed E-state index contributed by atoms with van der Waals surface area (Å²) in [6.45, 7) is 1.60. The maximum absolute atomic E-state index is 13.4. The van der Waals surface area contributed by atoms with Crippen LogP contribution in [0, 0.1) is 0 Å². The summed E-state index contributed by atoms with van der Waals surface area (Å²) in [5, 5.41) is 5.11. The molecule has 0 radical (unpaired) electrons. The Balaban J connectivity index is 1.74. The zero-order valence-electron chi connectivity index (χ0n) is 20.0. The topological polar surface area (TPSA) is 92.0 Å². The van der Waals surface area contributed by atoms with Gasteiger partial charge >= 0.3 is 5.97 Å². The Labute approximate surface area is 212 Å². The number of carbonyl (C=O) groups is 1. The number of rotatable bonds is 7. The van der Waals surface area contributed by atoms with Gasteiger partial charge in [0.25, 0.3) is 5.56 Å².